The van der Waals surface area contributed by atoms with Gasteiger partial charge in [0.1, 0.15) is 5.75 Å². The van der Waals surface area contributed by atoms with Crippen LogP contribution in [0.5, 0.6) is 5.75 Å². The van der Waals surface area contributed by atoms with E-state index >= 15 is 0 Å². The number of hydrogen-bond acceptors (Lipinski definition) is 6. The zero-order chi connectivity index (χ0) is 22.8. The van der Waals surface area contributed by atoms with Crippen LogP contribution >= 0.6 is 0 Å². The lowest BCUT2D eigenvalue weighted by molar-refractivity contribution is -0.129. The standard InChI is InChI=1S/C25H29N5O3/c1-29-20(12-13-27-29)18-11-10-17(14-26-18)15-30-16-24(33-23-9-5-3-7-21(23)30)25(32)28-19-6-2-4-8-22(19)31/h3,5,7,9-14,19,22,24,31H,2,4,6,8,15-16H2,1H3,(H,28,32)/t19-,22-,24?/m0/s1. The van der Waals surface area contributed by atoms with Gasteiger partial charge in [0.05, 0.1) is 35.8 Å². The molecular formula is C25H29N5O3. The van der Waals surface area contributed by atoms with E-state index in [0.717, 1.165) is 48.3 Å². The molecule has 0 bridgehead atoms. The van der Waals surface area contributed by atoms with Crippen LogP contribution in [0.2, 0.25) is 0 Å². The number of fused-ring (bicyclic) bond motifs is 1. The second-order valence-electron chi connectivity index (χ2n) is 8.81. The van der Waals surface area contributed by atoms with Crippen LogP contribution in [-0.4, -0.2) is 50.6 Å². The highest BCUT2D eigenvalue weighted by atomic mass is 16.5. The molecule has 1 aliphatic heterocycles. The topological polar surface area (TPSA) is 92.5 Å². The first kappa shape index (κ1) is 21.5. The molecule has 3 atom stereocenters. The molecule has 33 heavy (non-hydrogen) atoms. The number of carbonyl (C=O) groups is 1. The molecule has 172 valence electrons. The van der Waals surface area contributed by atoms with Gasteiger partial charge in [-0.2, -0.15) is 5.10 Å². The molecule has 2 aromatic heterocycles. The van der Waals surface area contributed by atoms with Crippen LogP contribution in [0.1, 0.15) is 31.2 Å². The Hall–Kier alpha value is -3.39. The molecule has 1 amide bonds. The molecule has 1 saturated carbocycles. The minimum absolute atomic E-state index is 0.176. The van der Waals surface area contributed by atoms with Crippen molar-refractivity contribution in [3.8, 4) is 17.1 Å². The average Bonchev–Trinajstić information content (AvgIpc) is 3.26. The van der Waals surface area contributed by atoms with Crippen LogP contribution in [0.3, 0.4) is 0 Å². The van der Waals surface area contributed by atoms with Crippen LogP contribution < -0.4 is 15.0 Å². The fourth-order valence-corrected chi connectivity index (χ4v) is 4.66. The monoisotopic (exact) mass is 447 g/mol. The number of nitrogens with one attached hydrogen (secondary N) is 1. The Bertz CT molecular complexity index is 1110. The summed E-state index contributed by atoms with van der Waals surface area (Å²) in [6.45, 7) is 1.03. The number of benzene rings is 1. The molecule has 3 aromatic rings. The van der Waals surface area contributed by atoms with Crippen molar-refractivity contribution in [1.82, 2.24) is 20.1 Å². The van der Waals surface area contributed by atoms with Gasteiger partial charge in [-0.3, -0.25) is 14.5 Å². The second kappa shape index (κ2) is 9.23. The van der Waals surface area contributed by atoms with Gasteiger partial charge in [0.2, 0.25) is 0 Å². The number of hydrogen-bond donors (Lipinski definition) is 2. The number of ether oxygens (including phenoxy) is 1. The van der Waals surface area contributed by atoms with Crippen molar-refractivity contribution in [1.29, 1.82) is 0 Å². The zero-order valence-electron chi connectivity index (χ0n) is 18.7. The highest BCUT2D eigenvalue weighted by Gasteiger charge is 2.33. The van der Waals surface area contributed by atoms with E-state index in [9.17, 15) is 9.90 Å². The van der Waals surface area contributed by atoms with Gasteiger partial charge < -0.3 is 20.1 Å². The molecule has 2 aliphatic rings. The first-order chi connectivity index (χ1) is 16.1. The number of nitrogens with zero attached hydrogens (tertiary/aromatic N) is 4. The molecule has 8 heteroatoms. The van der Waals surface area contributed by atoms with Gasteiger partial charge in [-0.05, 0) is 42.7 Å². The van der Waals surface area contributed by atoms with E-state index in [2.05, 4.69) is 26.4 Å². The molecule has 5 rings (SSSR count). The average molecular weight is 448 g/mol. The van der Waals surface area contributed by atoms with Gasteiger partial charge in [-0.25, -0.2) is 0 Å². The highest BCUT2D eigenvalue weighted by molar-refractivity contribution is 5.83. The predicted octanol–water partition coefficient (Wildman–Crippen LogP) is 2.67. The molecule has 3 heterocycles. The second-order valence-corrected chi connectivity index (χ2v) is 8.81. The number of anilines is 1. The molecule has 0 spiro atoms. The van der Waals surface area contributed by atoms with E-state index in [-0.39, 0.29) is 11.9 Å². The summed E-state index contributed by atoms with van der Waals surface area (Å²) in [6.07, 6.45) is 6.05. The molecule has 0 radical (unpaired) electrons. The maximum Gasteiger partial charge on any atom is 0.263 e. The summed E-state index contributed by atoms with van der Waals surface area (Å²) in [4.78, 5) is 19.8. The van der Waals surface area contributed by atoms with Gasteiger partial charge in [-0.15, -0.1) is 0 Å². The minimum Gasteiger partial charge on any atom is -0.477 e. The molecular weight excluding hydrogens is 418 g/mol. The molecule has 2 N–H and O–H groups in total. The number of aliphatic hydroxyl groups is 1. The van der Waals surface area contributed by atoms with Crippen LogP contribution in [0.25, 0.3) is 11.4 Å². The third-order valence-electron chi connectivity index (χ3n) is 6.49. The van der Waals surface area contributed by atoms with E-state index in [1.165, 1.54) is 0 Å². The third-order valence-corrected chi connectivity index (χ3v) is 6.49. The first-order valence-corrected chi connectivity index (χ1v) is 11.5. The van der Waals surface area contributed by atoms with Crippen molar-refractivity contribution in [2.75, 3.05) is 11.4 Å². The van der Waals surface area contributed by atoms with E-state index in [0.29, 0.717) is 18.8 Å². The molecule has 1 fully saturated rings. The fraction of sp³-hybridized carbons (Fsp3) is 0.400. The summed E-state index contributed by atoms with van der Waals surface area (Å²) in [5, 5.41) is 17.5. The van der Waals surface area contributed by atoms with Crippen molar-refractivity contribution in [3.63, 3.8) is 0 Å². The Kier molecular flexibility index (Phi) is 6.00. The van der Waals surface area contributed by atoms with E-state index in [1.54, 1.807) is 10.9 Å². The summed E-state index contributed by atoms with van der Waals surface area (Å²) < 4.78 is 7.86. The van der Waals surface area contributed by atoms with Crippen LogP contribution in [0.4, 0.5) is 5.69 Å². The van der Waals surface area contributed by atoms with E-state index in [4.69, 9.17) is 4.74 Å². The number of aromatic nitrogens is 3. The minimum atomic E-state index is -0.643. The maximum absolute atomic E-state index is 13.0. The number of para-hydroxylation sites is 2. The fourth-order valence-electron chi connectivity index (χ4n) is 4.66. The van der Waals surface area contributed by atoms with Gasteiger partial charge in [0.25, 0.3) is 5.91 Å². The first-order valence-electron chi connectivity index (χ1n) is 11.5. The number of carbonyl (C=O) groups excluding carboxylic acids is 1. The van der Waals surface area contributed by atoms with Gasteiger partial charge in [0.15, 0.2) is 6.10 Å². The van der Waals surface area contributed by atoms with Crippen molar-refractivity contribution in [3.05, 3.63) is 60.4 Å². The van der Waals surface area contributed by atoms with Gasteiger partial charge >= 0.3 is 0 Å². The normalized spacial score (nSPS) is 22.4. The largest absolute Gasteiger partial charge is 0.477 e. The summed E-state index contributed by atoms with van der Waals surface area (Å²) in [5.41, 5.74) is 3.82. The number of pyridine rings is 1. The van der Waals surface area contributed by atoms with Crippen LogP contribution in [0, 0.1) is 0 Å². The van der Waals surface area contributed by atoms with Crippen molar-refractivity contribution < 1.29 is 14.6 Å². The molecule has 8 nitrogen and oxygen atoms in total. The molecule has 1 aliphatic carbocycles. The van der Waals surface area contributed by atoms with Crippen LogP contribution in [-0.2, 0) is 18.4 Å². The zero-order valence-corrected chi connectivity index (χ0v) is 18.7. The Morgan fingerprint density at radius 2 is 2.03 bits per heavy atom. The predicted molar refractivity (Wildman–Crippen MR) is 125 cm³/mol. The molecule has 1 unspecified atom stereocenters. The molecule has 1 aromatic carbocycles. The molecule has 0 saturated heterocycles. The van der Waals surface area contributed by atoms with Crippen molar-refractivity contribution >= 4 is 11.6 Å². The van der Waals surface area contributed by atoms with E-state index < -0.39 is 12.2 Å². The SMILES string of the molecule is Cn1nccc1-c1ccc(CN2CC(C(=O)N[C@H]3CCCC[C@@H]3O)Oc3ccccc32)cn1. The smallest absolute Gasteiger partial charge is 0.263 e. The number of aliphatic hydroxyl groups excluding tert-OH is 1. The third kappa shape index (κ3) is 4.57. The number of aryl methyl sites for hydroxylation is 1. The summed E-state index contributed by atoms with van der Waals surface area (Å²) in [5.74, 6) is 0.512. The Morgan fingerprint density at radius 3 is 2.79 bits per heavy atom. The van der Waals surface area contributed by atoms with Crippen molar-refractivity contribution in [2.45, 2.75) is 50.5 Å². The number of amides is 1. The Balaban J connectivity index is 1.32. The van der Waals surface area contributed by atoms with Crippen LogP contribution in [0.15, 0.2) is 54.9 Å². The summed E-state index contributed by atoms with van der Waals surface area (Å²) in [7, 11) is 1.90. The summed E-state index contributed by atoms with van der Waals surface area (Å²) >= 11 is 0. The Morgan fingerprint density at radius 1 is 1.18 bits per heavy atom. The Labute approximate surface area is 193 Å². The number of rotatable bonds is 5. The highest BCUT2D eigenvalue weighted by Crippen LogP contribution is 2.34. The lowest BCUT2D eigenvalue weighted by atomic mass is 9.92. The van der Waals surface area contributed by atoms with Gasteiger partial charge in [-0.1, -0.05) is 31.0 Å². The lowest BCUT2D eigenvalue weighted by Gasteiger charge is -2.37. The lowest BCUT2D eigenvalue weighted by Crippen LogP contribution is -2.54. The van der Waals surface area contributed by atoms with Gasteiger partial charge in [0, 0.05) is 26.0 Å². The van der Waals surface area contributed by atoms with E-state index in [1.807, 2.05) is 49.6 Å². The van der Waals surface area contributed by atoms with Crippen molar-refractivity contribution in [2.24, 2.45) is 7.05 Å². The quantitative estimate of drug-likeness (QED) is 0.625. The summed E-state index contributed by atoms with van der Waals surface area (Å²) in [6, 6.07) is 13.6. The maximum atomic E-state index is 13.0.